The molecular weight excluding hydrogens is 485 g/mol. The number of amides is 5. The number of anilines is 2. The van der Waals surface area contributed by atoms with Gasteiger partial charge in [-0.2, -0.15) is 0 Å². The number of carbonyl (C=O) groups is 4. The second-order valence-electron chi connectivity index (χ2n) is 9.49. The summed E-state index contributed by atoms with van der Waals surface area (Å²) < 4.78 is 25.4. The summed E-state index contributed by atoms with van der Waals surface area (Å²) >= 11 is 0. The monoisotopic (exact) mass is 515 g/mol. The lowest BCUT2D eigenvalue weighted by molar-refractivity contribution is -0.121. The van der Waals surface area contributed by atoms with Crippen LogP contribution in [0.4, 0.5) is 25.5 Å². The van der Waals surface area contributed by atoms with Crippen LogP contribution in [0.2, 0.25) is 0 Å². The quantitative estimate of drug-likeness (QED) is 0.540. The minimum absolute atomic E-state index is 0.115. The molecule has 37 heavy (non-hydrogen) atoms. The molecule has 0 aliphatic carbocycles. The van der Waals surface area contributed by atoms with Crippen LogP contribution < -0.4 is 20.7 Å². The van der Waals surface area contributed by atoms with E-state index in [9.17, 15) is 23.6 Å². The molecule has 12 heteroatoms. The molecule has 198 valence electrons. The van der Waals surface area contributed by atoms with Crippen molar-refractivity contribution in [2.75, 3.05) is 23.7 Å². The number of pyridine rings is 1. The van der Waals surface area contributed by atoms with Crippen LogP contribution in [0.3, 0.4) is 0 Å². The van der Waals surface area contributed by atoms with Gasteiger partial charge in [0.05, 0.1) is 0 Å². The van der Waals surface area contributed by atoms with Crippen LogP contribution in [0.1, 0.15) is 40.5 Å². The Morgan fingerprint density at radius 2 is 1.76 bits per heavy atom. The molecular formula is C25H30FN5O6. The Kier molecular flexibility index (Phi) is 8.64. The van der Waals surface area contributed by atoms with Crippen LogP contribution in [-0.4, -0.2) is 52.5 Å². The molecule has 1 aliphatic heterocycles. The Morgan fingerprint density at radius 3 is 2.38 bits per heavy atom. The molecule has 11 nitrogen and oxygen atoms in total. The molecule has 5 amide bonds. The van der Waals surface area contributed by atoms with E-state index in [1.165, 1.54) is 37.4 Å². The van der Waals surface area contributed by atoms with Gasteiger partial charge in [-0.25, -0.2) is 19.0 Å². The fraction of sp³-hybridized carbons (Fsp3) is 0.400. The van der Waals surface area contributed by atoms with Gasteiger partial charge in [-0.1, -0.05) is 0 Å². The molecule has 3 rings (SSSR count). The molecule has 0 radical (unpaired) electrons. The van der Waals surface area contributed by atoms with Gasteiger partial charge in [0.25, 0.3) is 0 Å². The van der Waals surface area contributed by atoms with E-state index >= 15 is 0 Å². The average molecular weight is 516 g/mol. The molecule has 0 spiro atoms. The molecule has 0 atom stereocenters. The number of hydrogen-bond donors (Lipinski definition) is 3. The number of ether oxygens (including phenoxy) is 2. The highest BCUT2D eigenvalue weighted by atomic mass is 19.1. The molecule has 2 heterocycles. The fourth-order valence-corrected chi connectivity index (χ4v) is 3.53. The minimum Gasteiger partial charge on any atom is -0.454 e. The Labute approximate surface area is 213 Å². The number of imide groups is 1. The van der Waals surface area contributed by atoms with Crippen molar-refractivity contribution in [3.05, 3.63) is 42.3 Å². The van der Waals surface area contributed by atoms with Crippen molar-refractivity contribution < 1.29 is 33.0 Å². The number of nitrogens with zero attached hydrogens (tertiary/aromatic N) is 2. The van der Waals surface area contributed by atoms with Gasteiger partial charge in [-0.05, 0) is 51.8 Å². The van der Waals surface area contributed by atoms with Crippen LogP contribution in [0, 0.1) is 11.7 Å². The standard InChI is InChI=1S/C25H30FN5O6/c1-15(32)28-23(34)29-17-5-6-20(19(26)13-17)36-18-7-10-27-21(14-18)30-22(33)16-8-11-31(12-9-16)24(35)37-25(2,3)4/h5-7,10,13-14,16H,8-9,11-12H2,1-4H3,(H,27,30,33)(H2,28,29,32,34). The molecule has 1 aromatic carbocycles. The summed E-state index contributed by atoms with van der Waals surface area (Å²) in [5.74, 6) is -1.49. The fourth-order valence-electron chi connectivity index (χ4n) is 3.53. The van der Waals surface area contributed by atoms with E-state index in [1.54, 1.807) is 25.7 Å². The minimum atomic E-state index is -0.786. The zero-order valence-electron chi connectivity index (χ0n) is 21.1. The van der Waals surface area contributed by atoms with Crippen molar-refractivity contribution >= 4 is 35.4 Å². The molecule has 3 N–H and O–H groups in total. The summed E-state index contributed by atoms with van der Waals surface area (Å²) in [6.45, 7) is 7.39. The van der Waals surface area contributed by atoms with Gasteiger partial charge < -0.3 is 25.0 Å². The van der Waals surface area contributed by atoms with Crippen molar-refractivity contribution in [1.29, 1.82) is 0 Å². The largest absolute Gasteiger partial charge is 0.454 e. The van der Waals surface area contributed by atoms with E-state index < -0.39 is 29.4 Å². The molecule has 0 bridgehead atoms. The first-order valence-electron chi connectivity index (χ1n) is 11.7. The van der Waals surface area contributed by atoms with Crippen molar-refractivity contribution in [3.63, 3.8) is 0 Å². The second kappa shape index (κ2) is 11.7. The molecule has 1 aromatic heterocycles. The number of benzene rings is 1. The second-order valence-corrected chi connectivity index (χ2v) is 9.49. The van der Waals surface area contributed by atoms with E-state index in [-0.39, 0.29) is 34.8 Å². The predicted molar refractivity (Wildman–Crippen MR) is 133 cm³/mol. The summed E-state index contributed by atoms with van der Waals surface area (Å²) in [6.07, 6.45) is 1.98. The van der Waals surface area contributed by atoms with Crippen molar-refractivity contribution in [2.45, 2.75) is 46.1 Å². The third-order valence-corrected chi connectivity index (χ3v) is 5.21. The zero-order valence-corrected chi connectivity index (χ0v) is 21.1. The lowest BCUT2D eigenvalue weighted by Gasteiger charge is -2.32. The van der Waals surface area contributed by atoms with Gasteiger partial charge >= 0.3 is 12.1 Å². The Balaban J connectivity index is 1.55. The number of likely N-dealkylation sites (tertiary alicyclic amines) is 1. The van der Waals surface area contributed by atoms with Gasteiger partial charge in [0, 0.05) is 49.9 Å². The molecule has 0 saturated carbocycles. The van der Waals surface area contributed by atoms with Gasteiger partial charge in [-0.15, -0.1) is 0 Å². The van der Waals surface area contributed by atoms with Gasteiger partial charge in [0.1, 0.15) is 17.2 Å². The van der Waals surface area contributed by atoms with E-state index in [1.807, 2.05) is 5.32 Å². The Bertz CT molecular complexity index is 1170. The molecule has 0 unspecified atom stereocenters. The summed E-state index contributed by atoms with van der Waals surface area (Å²) in [7, 11) is 0. The van der Waals surface area contributed by atoms with Crippen LogP contribution in [0.15, 0.2) is 36.5 Å². The number of rotatable bonds is 5. The lowest BCUT2D eigenvalue weighted by atomic mass is 9.96. The maximum atomic E-state index is 14.5. The number of piperidine rings is 1. The number of nitrogens with one attached hydrogen (secondary N) is 3. The maximum absolute atomic E-state index is 14.5. The maximum Gasteiger partial charge on any atom is 0.410 e. The molecule has 1 saturated heterocycles. The van der Waals surface area contributed by atoms with E-state index in [2.05, 4.69) is 15.6 Å². The SMILES string of the molecule is CC(=O)NC(=O)Nc1ccc(Oc2ccnc(NC(=O)C3CCN(C(=O)OC(C)(C)C)CC3)c2)c(F)c1. The summed E-state index contributed by atoms with van der Waals surface area (Å²) in [6, 6.07) is 5.94. The average Bonchev–Trinajstić information content (AvgIpc) is 2.79. The summed E-state index contributed by atoms with van der Waals surface area (Å²) in [5, 5.41) is 7.09. The van der Waals surface area contributed by atoms with Crippen LogP contribution in [-0.2, 0) is 14.3 Å². The Morgan fingerprint density at radius 1 is 1.05 bits per heavy atom. The number of aromatic nitrogens is 1. The first kappa shape index (κ1) is 27.4. The molecule has 1 aliphatic rings. The predicted octanol–water partition coefficient (Wildman–Crippen LogP) is 4.27. The third-order valence-electron chi connectivity index (χ3n) is 5.21. The molecule has 1 fully saturated rings. The molecule has 2 aromatic rings. The van der Waals surface area contributed by atoms with Crippen LogP contribution in [0.25, 0.3) is 0 Å². The lowest BCUT2D eigenvalue weighted by Crippen LogP contribution is -2.43. The van der Waals surface area contributed by atoms with Crippen molar-refractivity contribution in [1.82, 2.24) is 15.2 Å². The number of halogens is 1. The normalized spacial score (nSPS) is 13.9. The van der Waals surface area contributed by atoms with Gasteiger partial charge in [-0.3, -0.25) is 14.9 Å². The smallest absolute Gasteiger partial charge is 0.410 e. The Hall–Kier alpha value is -4.22. The van der Waals surface area contributed by atoms with E-state index in [0.717, 1.165) is 6.07 Å². The van der Waals surface area contributed by atoms with Crippen molar-refractivity contribution in [3.8, 4) is 11.5 Å². The first-order chi connectivity index (χ1) is 17.4. The number of urea groups is 1. The van der Waals surface area contributed by atoms with Crippen LogP contribution >= 0.6 is 0 Å². The van der Waals surface area contributed by atoms with Gasteiger partial charge in [0.15, 0.2) is 11.6 Å². The van der Waals surface area contributed by atoms with Crippen LogP contribution in [0.5, 0.6) is 11.5 Å². The highest BCUT2D eigenvalue weighted by molar-refractivity contribution is 6.00. The topological polar surface area (TPSA) is 139 Å². The van der Waals surface area contributed by atoms with Crippen molar-refractivity contribution in [2.24, 2.45) is 5.92 Å². The number of hydrogen-bond acceptors (Lipinski definition) is 7. The highest BCUT2D eigenvalue weighted by Gasteiger charge is 2.30. The van der Waals surface area contributed by atoms with Gasteiger partial charge in [0.2, 0.25) is 11.8 Å². The highest BCUT2D eigenvalue weighted by Crippen LogP contribution is 2.28. The summed E-state index contributed by atoms with van der Waals surface area (Å²) in [5.41, 5.74) is -0.456. The summed E-state index contributed by atoms with van der Waals surface area (Å²) in [4.78, 5) is 53.2. The first-order valence-corrected chi connectivity index (χ1v) is 11.7. The third kappa shape index (κ3) is 8.44. The van der Waals surface area contributed by atoms with E-state index in [0.29, 0.717) is 25.9 Å². The zero-order chi connectivity index (χ0) is 27.2. The van der Waals surface area contributed by atoms with E-state index in [4.69, 9.17) is 9.47 Å². The number of carbonyl (C=O) groups excluding carboxylic acids is 4.